The molecule has 2 aromatic carbocycles. The van der Waals surface area contributed by atoms with Gasteiger partial charge in [-0.25, -0.2) is 0 Å². The van der Waals surface area contributed by atoms with Gasteiger partial charge in [-0.3, -0.25) is 0 Å². The van der Waals surface area contributed by atoms with Gasteiger partial charge in [-0.2, -0.15) is 17.6 Å². The molecule has 0 aliphatic heterocycles. The van der Waals surface area contributed by atoms with Crippen LogP contribution in [0.15, 0.2) is 54.6 Å². The lowest BCUT2D eigenvalue weighted by Gasteiger charge is -2.33. The van der Waals surface area contributed by atoms with Gasteiger partial charge in [0.25, 0.3) is 0 Å². The number of anilines is 2. The third kappa shape index (κ3) is 3.79. The van der Waals surface area contributed by atoms with Crippen molar-refractivity contribution in [2.24, 2.45) is 0 Å². The predicted octanol–water partition coefficient (Wildman–Crippen LogP) is 4.71. The lowest BCUT2D eigenvalue weighted by atomic mass is 10.2. The number of halogens is 4. The van der Waals surface area contributed by atoms with E-state index in [4.69, 9.17) is 4.74 Å². The van der Waals surface area contributed by atoms with Gasteiger partial charge in [-0.05, 0) is 36.4 Å². The van der Waals surface area contributed by atoms with E-state index in [9.17, 15) is 17.6 Å². The zero-order valence-corrected chi connectivity index (χ0v) is 13.2. The summed E-state index contributed by atoms with van der Waals surface area (Å²) in [7, 11) is 2.18. The second kappa shape index (κ2) is 7.09. The van der Waals surface area contributed by atoms with E-state index in [0.29, 0.717) is 24.2 Å². The van der Waals surface area contributed by atoms with Crippen molar-refractivity contribution in [3.63, 3.8) is 0 Å². The number of nitrogens with zero attached hydrogens (tertiary/aromatic N) is 1. The highest BCUT2D eigenvalue weighted by molar-refractivity contribution is 5.64. The largest absolute Gasteiger partial charge is 0.497 e. The summed E-state index contributed by atoms with van der Waals surface area (Å²) in [6.07, 6.45) is -5.17. The number of para-hydroxylation sites is 1. The first kappa shape index (κ1) is 18.1. The van der Waals surface area contributed by atoms with Gasteiger partial charge >= 0.3 is 12.0 Å². The van der Waals surface area contributed by atoms with Crippen molar-refractivity contribution < 1.29 is 27.0 Å². The van der Waals surface area contributed by atoms with Crippen molar-refractivity contribution in [3.8, 4) is 5.75 Å². The Hall–Kier alpha value is -2.28. The number of rotatable bonds is 6. The fourth-order valence-electron chi connectivity index (χ4n) is 2.18. The number of hydrogen-bond acceptors (Lipinski definition) is 3. The van der Waals surface area contributed by atoms with Crippen molar-refractivity contribution >= 4 is 11.4 Å². The monoisotopic (exact) mass is 343 g/mol. The summed E-state index contributed by atoms with van der Waals surface area (Å²) >= 11 is 0. The molecule has 0 spiro atoms. The minimum Gasteiger partial charge on any atom is -0.497 e. The second-order valence-corrected chi connectivity index (χ2v) is 5.05. The van der Waals surface area contributed by atoms with Gasteiger partial charge in [-0.15, -0.1) is 0 Å². The summed E-state index contributed by atoms with van der Waals surface area (Å²) in [5, 5.41) is 0. The number of alkyl halides is 4. The minimum atomic E-state index is -5.17. The van der Waals surface area contributed by atoms with Crippen LogP contribution in [0.3, 0.4) is 0 Å². The maximum absolute atomic E-state index is 14.4. The van der Waals surface area contributed by atoms with Crippen molar-refractivity contribution in [1.82, 2.24) is 0 Å². The molecule has 24 heavy (non-hydrogen) atoms. The average molecular weight is 343 g/mol. The van der Waals surface area contributed by atoms with Crippen LogP contribution in [0, 0.1) is 0 Å². The molecule has 2 aromatic rings. The van der Waals surface area contributed by atoms with Gasteiger partial charge < -0.3 is 14.4 Å². The lowest BCUT2D eigenvalue weighted by Crippen LogP contribution is -2.50. The van der Waals surface area contributed by atoms with Crippen LogP contribution in [-0.2, 0) is 4.74 Å². The van der Waals surface area contributed by atoms with Crippen LogP contribution >= 0.6 is 0 Å². The first-order chi connectivity index (χ1) is 11.3. The molecule has 0 saturated heterocycles. The molecule has 130 valence electrons. The van der Waals surface area contributed by atoms with Crippen LogP contribution in [0.4, 0.5) is 28.9 Å². The van der Waals surface area contributed by atoms with Gasteiger partial charge in [0.2, 0.25) is 0 Å². The summed E-state index contributed by atoms with van der Waals surface area (Å²) in [4.78, 5) is 1.20. The molecule has 0 bridgehead atoms. The highest BCUT2D eigenvalue weighted by Crippen LogP contribution is 2.38. The van der Waals surface area contributed by atoms with E-state index < -0.39 is 18.6 Å². The average Bonchev–Trinajstić information content (AvgIpc) is 2.59. The summed E-state index contributed by atoms with van der Waals surface area (Å²) in [6, 6.07) is 14.5. The number of ether oxygens (including phenoxy) is 2. The molecule has 1 unspecified atom stereocenters. The van der Waals surface area contributed by atoms with E-state index in [1.54, 1.807) is 54.6 Å². The smallest absolute Gasteiger partial charge is 0.450 e. The fraction of sp³-hybridized carbons (Fsp3) is 0.294. The van der Waals surface area contributed by atoms with E-state index in [2.05, 4.69) is 4.74 Å². The zero-order valence-electron chi connectivity index (χ0n) is 13.2. The first-order valence-electron chi connectivity index (χ1n) is 7.08. The third-order valence-corrected chi connectivity index (χ3v) is 3.56. The highest BCUT2D eigenvalue weighted by atomic mass is 19.4. The molecule has 0 N–H and O–H groups in total. The summed E-state index contributed by atoms with van der Waals surface area (Å²) < 4.78 is 62.8. The third-order valence-electron chi connectivity index (χ3n) is 3.56. The van der Waals surface area contributed by atoms with Crippen LogP contribution in [-0.4, -0.2) is 32.8 Å². The van der Waals surface area contributed by atoms with Gasteiger partial charge in [-0.1, -0.05) is 18.2 Å². The molecule has 0 saturated carbocycles. The molecule has 0 amide bonds. The number of methoxy groups -OCH3 is 2. The molecule has 0 aliphatic rings. The molecule has 3 nitrogen and oxygen atoms in total. The molecular formula is C17H17F4NO2. The summed E-state index contributed by atoms with van der Waals surface area (Å²) in [5.41, 5.74) is 0.788. The lowest BCUT2D eigenvalue weighted by molar-refractivity contribution is -0.319. The molecule has 0 radical (unpaired) electrons. The van der Waals surface area contributed by atoms with Crippen molar-refractivity contribution in [2.45, 2.75) is 12.0 Å². The Morgan fingerprint density at radius 3 is 1.83 bits per heavy atom. The van der Waals surface area contributed by atoms with E-state index in [1.165, 1.54) is 12.0 Å². The van der Waals surface area contributed by atoms with E-state index in [-0.39, 0.29) is 0 Å². The molecule has 0 aliphatic carbocycles. The minimum absolute atomic E-state index is 0.380. The van der Waals surface area contributed by atoms with Crippen molar-refractivity contribution in [1.29, 1.82) is 0 Å². The first-order valence-corrected chi connectivity index (χ1v) is 7.08. The van der Waals surface area contributed by atoms with E-state index >= 15 is 0 Å². The van der Waals surface area contributed by atoms with Gasteiger partial charge in [0, 0.05) is 18.5 Å². The normalized spacial score (nSPS) is 14.1. The Balaban J connectivity index is 2.43. The molecule has 7 heteroatoms. The molecular weight excluding hydrogens is 326 g/mol. The van der Waals surface area contributed by atoms with Crippen molar-refractivity contribution in [3.05, 3.63) is 54.6 Å². The van der Waals surface area contributed by atoms with Crippen LogP contribution in [0.5, 0.6) is 5.75 Å². The Morgan fingerprint density at radius 1 is 0.833 bits per heavy atom. The van der Waals surface area contributed by atoms with Gasteiger partial charge in [0.15, 0.2) is 0 Å². The second-order valence-electron chi connectivity index (χ2n) is 5.05. The zero-order chi connectivity index (χ0) is 17.8. The number of benzene rings is 2. The Labute approximate surface area is 137 Å². The molecule has 0 fully saturated rings. The number of hydrogen-bond donors (Lipinski definition) is 0. The topological polar surface area (TPSA) is 21.7 Å². The summed E-state index contributed by atoms with van der Waals surface area (Å²) in [6.45, 7) is -1.04. The SMILES string of the molecule is COc1ccc(N(CC(F)(OC)C(F)(F)F)c2ccccc2)cc1. The standard InChI is InChI=1S/C17H17F4NO2/c1-23-15-10-8-14(9-11-15)22(13-6-4-3-5-7-13)12-16(18,24-2)17(19,20)21/h3-11H,12H2,1-2H3. The van der Waals surface area contributed by atoms with Crippen LogP contribution < -0.4 is 9.64 Å². The van der Waals surface area contributed by atoms with E-state index in [1.807, 2.05) is 0 Å². The fourth-order valence-corrected chi connectivity index (χ4v) is 2.18. The van der Waals surface area contributed by atoms with Gasteiger partial charge in [0.05, 0.1) is 13.7 Å². The summed E-state index contributed by atoms with van der Waals surface area (Å²) in [5.74, 6) is -3.26. The van der Waals surface area contributed by atoms with Crippen LogP contribution in [0.2, 0.25) is 0 Å². The maximum Gasteiger partial charge on any atom is 0.450 e. The Morgan fingerprint density at radius 2 is 1.38 bits per heavy atom. The van der Waals surface area contributed by atoms with Crippen LogP contribution in [0.1, 0.15) is 0 Å². The Bertz CT molecular complexity index is 646. The molecule has 0 aromatic heterocycles. The van der Waals surface area contributed by atoms with E-state index in [0.717, 1.165) is 0 Å². The van der Waals surface area contributed by atoms with Gasteiger partial charge in [0.1, 0.15) is 5.75 Å². The Kier molecular flexibility index (Phi) is 5.33. The molecule has 2 rings (SSSR count). The quantitative estimate of drug-likeness (QED) is 0.709. The molecule has 1 atom stereocenters. The van der Waals surface area contributed by atoms with Crippen molar-refractivity contribution in [2.75, 3.05) is 25.7 Å². The molecule has 0 heterocycles. The van der Waals surface area contributed by atoms with Crippen LogP contribution in [0.25, 0.3) is 0 Å². The maximum atomic E-state index is 14.4. The highest BCUT2D eigenvalue weighted by Gasteiger charge is 2.58. The predicted molar refractivity (Wildman–Crippen MR) is 83.3 cm³/mol.